The third kappa shape index (κ3) is 3.80. The van der Waals surface area contributed by atoms with Gasteiger partial charge in [-0.05, 0) is 23.3 Å². The molecule has 0 bridgehead atoms. The molecule has 2 rings (SSSR count). The largest absolute Gasteiger partial charge is 0.493 e. The highest BCUT2D eigenvalue weighted by atomic mass is 16.6. The maximum Gasteiger partial charge on any atom is 0.269 e. The Bertz CT molecular complexity index is 565. The van der Waals surface area contributed by atoms with E-state index in [4.69, 9.17) is 10.5 Å². The molecule has 5 nitrogen and oxygen atoms in total. The molecule has 0 aliphatic carbocycles. The smallest absolute Gasteiger partial charge is 0.269 e. The van der Waals surface area contributed by atoms with Crippen molar-refractivity contribution in [2.75, 3.05) is 6.61 Å². The molecule has 2 N–H and O–H groups in total. The molecule has 2 aromatic rings. The van der Waals surface area contributed by atoms with E-state index in [-0.39, 0.29) is 5.69 Å². The third-order valence-corrected chi connectivity index (χ3v) is 2.97. The van der Waals surface area contributed by atoms with Crippen LogP contribution < -0.4 is 10.5 Å². The fourth-order valence-corrected chi connectivity index (χ4v) is 1.79. The molecule has 5 heteroatoms. The third-order valence-electron chi connectivity index (χ3n) is 2.97. The second-order valence-electron chi connectivity index (χ2n) is 4.37. The first-order chi connectivity index (χ1) is 9.69. The van der Waals surface area contributed by atoms with Crippen LogP contribution in [0.25, 0.3) is 0 Å². The van der Waals surface area contributed by atoms with Crippen molar-refractivity contribution in [2.45, 2.75) is 13.0 Å². The first-order valence-corrected chi connectivity index (χ1v) is 6.34. The van der Waals surface area contributed by atoms with Gasteiger partial charge in [-0.25, -0.2) is 0 Å². The monoisotopic (exact) mass is 272 g/mol. The lowest BCUT2D eigenvalue weighted by atomic mass is 10.1. The van der Waals surface area contributed by atoms with Crippen molar-refractivity contribution in [1.82, 2.24) is 0 Å². The van der Waals surface area contributed by atoms with Crippen LogP contribution in [0.1, 0.15) is 11.1 Å². The van der Waals surface area contributed by atoms with E-state index in [1.54, 1.807) is 12.1 Å². The van der Waals surface area contributed by atoms with Crippen molar-refractivity contribution in [1.29, 1.82) is 0 Å². The van der Waals surface area contributed by atoms with E-state index in [2.05, 4.69) is 0 Å². The van der Waals surface area contributed by atoms with Crippen LogP contribution in [-0.4, -0.2) is 11.5 Å². The molecule has 0 saturated carbocycles. The predicted octanol–water partition coefficient (Wildman–Crippen LogP) is 2.68. The molecule has 0 fully saturated rings. The first-order valence-electron chi connectivity index (χ1n) is 6.34. The lowest BCUT2D eigenvalue weighted by Crippen LogP contribution is -2.02. The van der Waals surface area contributed by atoms with Crippen LogP contribution >= 0.6 is 0 Å². The van der Waals surface area contributed by atoms with E-state index < -0.39 is 4.92 Å². The topological polar surface area (TPSA) is 78.4 Å². The minimum Gasteiger partial charge on any atom is -0.493 e. The maximum atomic E-state index is 10.5. The molecule has 0 aliphatic heterocycles. The summed E-state index contributed by atoms with van der Waals surface area (Å²) in [4.78, 5) is 10.1. The van der Waals surface area contributed by atoms with Crippen LogP contribution in [0, 0.1) is 10.1 Å². The summed E-state index contributed by atoms with van der Waals surface area (Å²) < 4.78 is 5.61. The number of nitrogens with zero attached hydrogens (tertiary/aromatic N) is 1. The quantitative estimate of drug-likeness (QED) is 0.647. The molecule has 0 aromatic heterocycles. The minimum atomic E-state index is -0.403. The second-order valence-corrected chi connectivity index (χ2v) is 4.37. The zero-order valence-corrected chi connectivity index (χ0v) is 11.0. The molecule has 0 saturated heterocycles. The van der Waals surface area contributed by atoms with E-state index in [9.17, 15) is 10.1 Å². The number of nitrogens with two attached hydrogens (primary N) is 1. The zero-order chi connectivity index (χ0) is 14.4. The molecule has 0 radical (unpaired) electrons. The molecule has 2 aromatic carbocycles. The van der Waals surface area contributed by atoms with Crippen molar-refractivity contribution in [3.63, 3.8) is 0 Å². The summed E-state index contributed by atoms with van der Waals surface area (Å²) in [5.74, 6) is 0.795. The summed E-state index contributed by atoms with van der Waals surface area (Å²) in [6.45, 7) is 1.04. The lowest BCUT2D eigenvalue weighted by Gasteiger charge is -2.07. The van der Waals surface area contributed by atoms with Crippen molar-refractivity contribution < 1.29 is 9.66 Å². The predicted molar refractivity (Wildman–Crippen MR) is 76.6 cm³/mol. The SMILES string of the molecule is NCc1ccc(OCCc2ccc([N+](=O)[O-])cc2)cc1. The number of hydrogen-bond donors (Lipinski definition) is 1. The number of hydrogen-bond acceptors (Lipinski definition) is 4. The van der Waals surface area contributed by atoms with Gasteiger partial charge in [0.2, 0.25) is 0 Å². The first kappa shape index (κ1) is 14.0. The molecular formula is C15H16N2O3. The highest BCUT2D eigenvalue weighted by Crippen LogP contribution is 2.14. The van der Waals surface area contributed by atoms with E-state index in [0.717, 1.165) is 16.9 Å². The van der Waals surface area contributed by atoms with Gasteiger partial charge in [0.05, 0.1) is 11.5 Å². The Balaban J connectivity index is 1.84. The molecule has 20 heavy (non-hydrogen) atoms. The molecule has 0 amide bonds. The van der Waals surface area contributed by atoms with Crippen LogP contribution in [0.15, 0.2) is 48.5 Å². The Labute approximate surface area is 117 Å². The second kappa shape index (κ2) is 6.68. The van der Waals surface area contributed by atoms with Crippen molar-refractivity contribution >= 4 is 5.69 Å². The van der Waals surface area contributed by atoms with Gasteiger partial charge in [0, 0.05) is 25.1 Å². The number of benzene rings is 2. The van der Waals surface area contributed by atoms with Crippen LogP contribution in [-0.2, 0) is 13.0 Å². The van der Waals surface area contributed by atoms with Gasteiger partial charge in [-0.3, -0.25) is 10.1 Å². The van der Waals surface area contributed by atoms with Crippen LogP contribution in [0.5, 0.6) is 5.75 Å². The lowest BCUT2D eigenvalue weighted by molar-refractivity contribution is -0.384. The Kier molecular flexibility index (Phi) is 4.68. The zero-order valence-electron chi connectivity index (χ0n) is 11.0. The average Bonchev–Trinajstić information content (AvgIpc) is 2.48. The minimum absolute atomic E-state index is 0.104. The van der Waals surface area contributed by atoms with Gasteiger partial charge in [0.1, 0.15) is 5.75 Å². The van der Waals surface area contributed by atoms with Crippen LogP contribution in [0.3, 0.4) is 0 Å². The summed E-state index contributed by atoms with van der Waals surface area (Å²) in [5.41, 5.74) is 7.70. The van der Waals surface area contributed by atoms with Crippen molar-refractivity contribution in [3.8, 4) is 5.75 Å². The Morgan fingerprint density at radius 2 is 1.60 bits per heavy atom. The van der Waals surface area contributed by atoms with E-state index >= 15 is 0 Å². The van der Waals surface area contributed by atoms with Crippen molar-refractivity contribution in [2.24, 2.45) is 5.73 Å². The fraction of sp³-hybridized carbons (Fsp3) is 0.200. The molecule has 0 atom stereocenters. The molecule has 0 heterocycles. The van der Waals surface area contributed by atoms with E-state index in [0.29, 0.717) is 19.6 Å². The van der Waals surface area contributed by atoms with Gasteiger partial charge in [-0.1, -0.05) is 24.3 Å². The highest BCUT2D eigenvalue weighted by molar-refractivity contribution is 5.33. The molecule has 104 valence electrons. The van der Waals surface area contributed by atoms with Crippen molar-refractivity contribution in [3.05, 3.63) is 69.8 Å². The van der Waals surface area contributed by atoms with Gasteiger partial charge in [0.25, 0.3) is 5.69 Å². The number of nitro groups is 1. The number of ether oxygens (including phenoxy) is 1. The normalized spacial score (nSPS) is 10.2. The molecule has 0 spiro atoms. The maximum absolute atomic E-state index is 10.5. The average molecular weight is 272 g/mol. The summed E-state index contributed by atoms with van der Waals surface area (Å²) in [6, 6.07) is 14.1. The number of nitro benzene ring substituents is 1. The van der Waals surface area contributed by atoms with Gasteiger partial charge in [-0.15, -0.1) is 0 Å². The summed E-state index contributed by atoms with van der Waals surface area (Å²) >= 11 is 0. The van der Waals surface area contributed by atoms with E-state index in [1.165, 1.54) is 12.1 Å². The van der Waals surface area contributed by atoms with E-state index in [1.807, 2.05) is 24.3 Å². The molecular weight excluding hydrogens is 256 g/mol. The van der Waals surface area contributed by atoms with Crippen LogP contribution in [0.4, 0.5) is 5.69 Å². The Morgan fingerprint density at radius 1 is 1.00 bits per heavy atom. The van der Waals surface area contributed by atoms with Gasteiger partial charge in [0.15, 0.2) is 0 Å². The van der Waals surface area contributed by atoms with Gasteiger partial charge in [-0.2, -0.15) is 0 Å². The summed E-state index contributed by atoms with van der Waals surface area (Å²) in [7, 11) is 0. The molecule has 0 aliphatic rings. The Morgan fingerprint density at radius 3 is 2.15 bits per heavy atom. The van der Waals surface area contributed by atoms with Gasteiger partial charge >= 0.3 is 0 Å². The summed E-state index contributed by atoms with van der Waals surface area (Å²) in [6.07, 6.45) is 0.705. The Hall–Kier alpha value is -2.40. The number of rotatable bonds is 6. The fourth-order valence-electron chi connectivity index (χ4n) is 1.79. The van der Waals surface area contributed by atoms with Gasteiger partial charge < -0.3 is 10.5 Å². The van der Waals surface area contributed by atoms with Crippen LogP contribution in [0.2, 0.25) is 0 Å². The molecule has 0 unspecified atom stereocenters. The standard InChI is InChI=1S/C15H16N2O3/c16-11-13-3-7-15(8-4-13)20-10-9-12-1-5-14(6-2-12)17(18)19/h1-8H,9-11,16H2. The summed E-state index contributed by atoms with van der Waals surface area (Å²) in [5, 5.41) is 10.5. The number of non-ortho nitro benzene ring substituents is 1. The highest BCUT2D eigenvalue weighted by Gasteiger charge is 2.03.